The third-order valence-corrected chi connectivity index (χ3v) is 7.18. The fraction of sp³-hybridized carbons (Fsp3) is 0.208. The predicted molar refractivity (Wildman–Crippen MR) is 126 cm³/mol. The number of thiophene rings is 1. The van der Waals surface area contributed by atoms with Crippen molar-refractivity contribution in [3.63, 3.8) is 0 Å². The van der Waals surface area contributed by atoms with E-state index in [1.165, 1.54) is 40.9 Å². The van der Waals surface area contributed by atoms with Crippen LogP contribution >= 0.6 is 23.1 Å². The smallest absolute Gasteiger partial charge is 0.339 e. The lowest BCUT2D eigenvalue weighted by atomic mass is 10.1. The number of thioether (sulfide) groups is 1. The summed E-state index contributed by atoms with van der Waals surface area (Å²) in [5.41, 5.74) is 1.93. The molecule has 3 aromatic rings. The quantitative estimate of drug-likeness (QED) is 0.398. The lowest BCUT2D eigenvalue weighted by molar-refractivity contribution is -0.135. The van der Waals surface area contributed by atoms with E-state index >= 15 is 0 Å². The molecule has 0 spiro atoms. The van der Waals surface area contributed by atoms with E-state index in [4.69, 9.17) is 4.74 Å². The maximum Gasteiger partial charge on any atom is 0.339 e. The minimum Gasteiger partial charge on any atom is -0.452 e. The molecule has 170 valence electrons. The molecule has 2 heterocycles. The van der Waals surface area contributed by atoms with Crippen LogP contribution in [0.1, 0.15) is 20.8 Å². The Balaban J connectivity index is 1.30. The van der Waals surface area contributed by atoms with E-state index in [0.29, 0.717) is 29.2 Å². The van der Waals surface area contributed by atoms with Crippen LogP contribution in [0, 0.1) is 5.82 Å². The first kappa shape index (κ1) is 23.0. The van der Waals surface area contributed by atoms with Gasteiger partial charge in [0.15, 0.2) is 6.61 Å². The second-order valence-corrected chi connectivity index (χ2v) is 9.37. The van der Waals surface area contributed by atoms with Gasteiger partial charge < -0.3 is 15.0 Å². The number of fused-ring (bicyclic) bond motifs is 1. The van der Waals surface area contributed by atoms with Crippen molar-refractivity contribution in [1.82, 2.24) is 4.90 Å². The Morgan fingerprint density at radius 2 is 1.88 bits per heavy atom. The van der Waals surface area contributed by atoms with Gasteiger partial charge in [0.2, 0.25) is 5.91 Å². The molecule has 4 rings (SSSR count). The topological polar surface area (TPSA) is 75.7 Å². The molecule has 9 heteroatoms. The zero-order valence-electron chi connectivity index (χ0n) is 17.6. The van der Waals surface area contributed by atoms with E-state index in [1.807, 2.05) is 11.4 Å². The number of carbonyl (C=O) groups excluding carboxylic acids is 3. The van der Waals surface area contributed by atoms with E-state index in [1.54, 1.807) is 40.5 Å². The van der Waals surface area contributed by atoms with Crippen molar-refractivity contribution in [3.05, 3.63) is 81.8 Å². The highest BCUT2D eigenvalue weighted by atomic mass is 32.2. The molecular weight excluding hydrogens is 463 g/mol. The first-order valence-corrected chi connectivity index (χ1v) is 12.1. The van der Waals surface area contributed by atoms with Gasteiger partial charge in [0, 0.05) is 28.5 Å². The molecule has 1 aliphatic heterocycles. The van der Waals surface area contributed by atoms with Gasteiger partial charge in [0.1, 0.15) is 5.82 Å². The normalized spacial score (nSPS) is 12.7. The highest BCUT2D eigenvalue weighted by Crippen LogP contribution is 2.25. The zero-order valence-corrected chi connectivity index (χ0v) is 19.2. The van der Waals surface area contributed by atoms with Crippen LogP contribution in [-0.2, 0) is 27.3 Å². The Hall–Kier alpha value is -3.17. The summed E-state index contributed by atoms with van der Waals surface area (Å²) in [6, 6.07) is 14.3. The van der Waals surface area contributed by atoms with E-state index < -0.39 is 5.97 Å². The van der Waals surface area contributed by atoms with E-state index in [2.05, 4.69) is 5.32 Å². The Bertz CT molecular complexity index is 1160. The number of nitrogens with one attached hydrogen (secondary N) is 1. The van der Waals surface area contributed by atoms with Crippen molar-refractivity contribution < 1.29 is 23.5 Å². The number of anilines is 1. The van der Waals surface area contributed by atoms with Gasteiger partial charge in [-0.25, -0.2) is 9.18 Å². The molecule has 33 heavy (non-hydrogen) atoms. The molecule has 2 aromatic carbocycles. The molecule has 0 bridgehead atoms. The van der Waals surface area contributed by atoms with Gasteiger partial charge in [-0.1, -0.05) is 12.1 Å². The van der Waals surface area contributed by atoms with Crippen LogP contribution in [0.5, 0.6) is 0 Å². The molecule has 0 unspecified atom stereocenters. The summed E-state index contributed by atoms with van der Waals surface area (Å²) in [5, 5.41) is 4.70. The summed E-state index contributed by atoms with van der Waals surface area (Å²) >= 11 is 2.87. The highest BCUT2D eigenvalue weighted by Gasteiger charge is 2.23. The van der Waals surface area contributed by atoms with Gasteiger partial charge in [-0.15, -0.1) is 23.1 Å². The molecule has 1 N–H and O–H groups in total. The molecule has 0 radical (unpaired) electrons. The maximum atomic E-state index is 13.0. The molecule has 1 aliphatic rings. The lowest BCUT2D eigenvalue weighted by Gasteiger charge is -2.26. The van der Waals surface area contributed by atoms with Crippen LogP contribution in [0.15, 0.2) is 64.9 Å². The van der Waals surface area contributed by atoms with E-state index in [0.717, 1.165) is 12.0 Å². The number of amides is 2. The second kappa shape index (κ2) is 10.6. The fourth-order valence-electron chi connectivity index (χ4n) is 3.39. The number of esters is 1. The number of halogens is 1. The van der Waals surface area contributed by atoms with E-state index in [-0.39, 0.29) is 30.0 Å². The minimum atomic E-state index is -0.612. The number of nitrogens with zero attached hydrogens (tertiary/aromatic N) is 1. The van der Waals surface area contributed by atoms with Crippen LogP contribution in [0.25, 0.3) is 0 Å². The molecule has 0 aliphatic carbocycles. The van der Waals surface area contributed by atoms with Crippen LogP contribution in [0.2, 0.25) is 0 Å². The van der Waals surface area contributed by atoms with Crippen LogP contribution in [0.4, 0.5) is 10.1 Å². The first-order valence-electron chi connectivity index (χ1n) is 10.3. The van der Waals surface area contributed by atoms with Gasteiger partial charge >= 0.3 is 5.97 Å². The van der Waals surface area contributed by atoms with Gasteiger partial charge in [-0.05, 0) is 59.8 Å². The number of hydrogen-bond donors (Lipinski definition) is 1. The van der Waals surface area contributed by atoms with Crippen molar-refractivity contribution in [2.24, 2.45) is 0 Å². The minimum absolute atomic E-state index is 0.0529. The number of benzene rings is 2. The molecule has 0 saturated carbocycles. The average Bonchev–Trinajstić information content (AvgIpc) is 3.30. The molecule has 0 fully saturated rings. The Morgan fingerprint density at radius 1 is 1.09 bits per heavy atom. The number of rotatable bonds is 7. The first-order chi connectivity index (χ1) is 16.0. The van der Waals surface area contributed by atoms with Crippen LogP contribution in [0.3, 0.4) is 0 Å². The van der Waals surface area contributed by atoms with Gasteiger partial charge in [0.25, 0.3) is 5.91 Å². The summed E-state index contributed by atoms with van der Waals surface area (Å²) in [7, 11) is 0. The lowest BCUT2D eigenvalue weighted by Crippen LogP contribution is -2.38. The largest absolute Gasteiger partial charge is 0.452 e. The molecule has 6 nitrogen and oxygen atoms in total. The molecule has 0 saturated heterocycles. The van der Waals surface area contributed by atoms with Crippen LogP contribution < -0.4 is 5.32 Å². The van der Waals surface area contributed by atoms with Crippen molar-refractivity contribution in [2.45, 2.75) is 17.9 Å². The Labute approximate surface area is 198 Å². The zero-order chi connectivity index (χ0) is 23.2. The van der Waals surface area contributed by atoms with Gasteiger partial charge in [-0.2, -0.15) is 0 Å². The second-order valence-electron chi connectivity index (χ2n) is 7.35. The summed E-state index contributed by atoms with van der Waals surface area (Å²) in [4.78, 5) is 41.0. The molecular formula is C24H21FN2O4S2. The van der Waals surface area contributed by atoms with Crippen molar-refractivity contribution in [1.29, 1.82) is 0 Å². The fourth-order valence-corrected chi connectivity index (χ4v) is 5.12. The molecule has 2 amide bonds. The number of carbonyl (C=O) groups is 3. The summed E-state index contributed by atoms with van der Waals surface area (Å²) in [6.45, 7) is 0.812. The van der Waals surface area contributed by atoms with Crippen LogP contribution in [-0.4, -0.2) is 41.6 Å². The Morgan fingerprint density at radius 3 is 2.70 bits per heavy atom. The average molecular weight is 485 g/mol. The SMILES string of the molecule is O=C(CSc1ccccc1C(=O)OCC(=O)N1CCc2sccc2C1)Nc1ccc(F)cc1. The van der Waals surface area contributed by atoms with Crippen molar-refractivity contribution >= 4 is 46.6 Å². The van der Waals surface area contributed by atoms with E-state index in [9.17, 15) is 18.8 Å². The monoisotopic (exact) mass is 484 g/mol. The van der Waals surface area contributed by atoms with Crippen molar-refractivity contribution in [3.8, 4) is 0 Å². The number of hydrogen-bond acceptors (Lipinski definition) is 6. The molecule has 0 atom stereocenters. The molecule has 1 aromatic heterocycles. The highest BCUT2D eigenvalue weighted by molar-refractivity contribution is 8.00. The van der Waals surface area contributed by atoms with Gasteiger partial charge in [0.05, 0.1) is 11.3 Å². The maximum absolute atomic E-state index is 13.0. The predicted octanol–water partition coefficient (Wildman–Crippen LogP) is 4.36. The standard InChI is InChI=1S/C24H21FN2O4S2/c25-17-5-7-18(8-6-17)26-22(28)15-33-21-4-2-1-3-19(21)24(30)31-14-23(29)27-11-9-20-16(13-27)10-12-32-20/h1-8,10,12H,9,11,13-15H2,(H,26,28). The third kappa shape index (κ3) is 6.00. The number of ether oxygens (including phenoxy) is 1. The summed E-state index contributed by atoms with van der Waals surface area (Å²) in [6.07, 6.45) is 0.812. The Kier molecular flexibility index (Phi) is 7.41. The summed E-state index contributed by atoms with van der Waals surface area (Å²) < 4.78 is 18.3. The summed E-state index contributed by atoms with van der Waals surface area (Å²) in [5.74, 6) is -1.47. The van der Waals surface area contributed by atoms with Crippen molar-refractivity contribution in [2.75, 3.05) is 24.2 Å². The third-order valence-electron chi connectivity index (χ3n) is 5.08. The van der Waals surface area contributed by atoms with Gasteiger partial charge in [-0.3, -0.25) is 9.59 Å².